The number of rotatable bonds is 6. The summed E-state index contributed by atoms with van der Waals surface area (Å²) in [6.45, 7) is 1.37. The van der Waals surface area contributed by atoms with E-state index in [4.69, 9.17) is 26.2 Å². The second-order valence-electron chi connectivity index (χ2n) is 6.65. The maximum atomic E-state index is 13.0. The minimum Gasteiger partial charge on any atom is -0.493 e. The summed E-state index contributed by atoms with van der Waals surface area (Å²) in [6, 6.07) is 7.84. The van der Waals surface area contributed by atoms with Crippen molar-refractivity contribution in [2.24, 2.45) is 4.99 Å². The molecule has 12 heteroatoms. The molecule has 0 radical (unpaired) electrons. The summed E-state index contributed by atoms with van der Waals surface area (Å²) < 4.78 is 49.7. The molecule has 0 aliphatic carbocycles. The van der Waals surface area contributed by atoms with Gasteiger partial charge in [0.1, 0.15) is 0 Å². The standard InChI is InChI=1S/C21H16ClF3N2O5S/c1-10(19(29)30)32-15-6-3-11(7-16(15)31-2)8-17-18(28)27-20(33-17)26-12-4-5-14(22)13(9-12)21(23,24)25/h3-10H,1-2H3,(H,29,30)(H,26,27,28)/b17-8+. The summed E-state index contributed by atoms with van der Waals surface area (Å²) in [5, 5.41) is 11.1. The monoisotopic (exact) mass is 500 g/mol. The Balaban J connectivity index is 1.83. The number of halogens is 4. The number of carbonyl (C=O) groups is 2. The number of thioether (sulfide) groups is 1. The Bertz CT molecular complexity index is 1170. The number of carbonyl (C=O) groups excluding carboxylic acids is 1. The number of aliphatic imine (C=N–C) groups is 1. The number of alkyl halides is 3. The molecule has 1 aliphatic rings. The topological polar surface area (TPSA) is 97.2 Å². The highest BCUT2D eigenvalue weighted by molar-refractivity contribution is 8.18. The van der Waals surface area contributed by atoms with Crippen molar-refractivity contribution >= 4 is 52.2 Å². The van der Waals surface area contributed by atoms with Gasteiger partial charge in [0.25, 0.3) is 5.91 Å². The molecule has 0 aromatic heterocycles. The van der Waals surface area contributed by atoms with Crippen LogP contribution in [0.5, 0.6) is 11.5 Å². The lowest BCUT2D eigenvalue weighted by molar-refractivity contribution is -0.144. The average molecular weight is 501 g/mol. The second kappa shape index (κ2) is 9.75. The van der Waals surface area contributed by atoms with E-state index < -0.39 is 34.7 Å². The van der Waals surface area contributed by atoms with Crippen LogP contribution in [0.4, 0.5) is 18.9 Å². The first-order chi connectivity index (χ1) is 15.5. The molecule has 1 heterocycles. The molecule has 2 N–H and O–H groups in total. The summed E-state index contributed by atoms with van der Waals surface area (Å²) in [6.07, 6.45) is -4.20. The maximum absolute atomic E-state index is 13.0. The van der Waals surface area contributed by atoms with Gasteiger partial charge in [-0.2, -0.15) is 13.2 Å². The van der Waals surface area contributed by atoms with Crippen molar-refractivity contribution in [2.75, 3.05) is 7.11 Å². The number of nitrogens with one attached hydrogen (secondary N) is 1. The van der Waals surface area contributed by atoms with E-state index in [1.807, 2.05) is 0 Å². The van der Waals surface area contributed by atoms with Crippen LogP contribution < -0.4 is 14.8 Å². The van der Waals surface area contributed by atoms with Crippen LogP contribution in [0.1, 0.15) is 18.1 Å². The van der Waals surface area contributed by atoms with E-state index in [9.17, 15) is 22.8 Å². The summed E-state index contributed by atoms with van der Waals surface area (Å²) in [4.78, 5) is 27.6. The Morgan fingerprint density at radius 3 is 2.61 bits per heavy atom. The zero-order chi connectivity index (χ0) is 24.3. The molecule has 2 aromatic carbocycles. The molecule has 1 fully saturated rings. The number of methoxy groups -OCH3 is 1. The smallest absolute Gasteiger partial charge is 0.417 e. The molecule has 3 rings (SSSR count). The SMILES string of the molecule is COc1cc(/C=C2/SC(=Nc3ccc(Cl)c(C(F)(F)F)c3)NC2=O)ccc1OC(C)C(=O)O. The van der Waals surface area contributed by atoms with Crippen LogP contribution in [0, 0.1) is 0 Å². The van der Waals surface area contributed by atoms with Gasteiger partial charge in [0.2, 0.25) is 0 Å². The van der Waals surface area contributed by atoms with Crippen LogP contribution in [0.2, 0.25) is 5.02 Å². The van der Waals surface area contributed by atoms with Crippen LogP contribution in [0.3, 0.4) is 0 Å². The van der Waals surface area contributed by atoms with Gasteiger partial charge in [0.15, 0.2) is 22.8 Å². The molecule has 174 valence electrons. The van der Waals surface area contributed by atoms with Gasteiger partial charge in [0.05, 0.1) is 28.3 Å². The molecule has 7 nitrogen and oxygen atoms in total. The summed E-state index contributed by atoms with van der Waals surface area (Å²) in [5.41, 5.74) is -0.499. The largest absolute Gasteiger partial charge is 0.493 e. The molecule has 1 unspecified atom stereocenters. The Kier molecular flexibility index (Phi) is 7.23. The molecular formula is C21H16ClF3N2O5S. The number of hydrogen-bond donors (Lipinski definition) is 2. The number of nitrogens with zero attached hydrogens (tertiary/aromatic N) is 1. The predicted molar refractivity (Wildman–Crippen MR) is 118 cm³/mol. The van der Waals surface area contributed by atoms with Gasteiger partial charge in [-0.1, -0.05) is 17.7 Å². The van der Waals surface area contributed by atoms with E-state index in [-0.39, 0.29) is 27.3 Å². The van der Waals surface area contributed by atoms with Gasteiger partial charge in [-0.15, -0.1) is 0 Å². The number of hydrogen-bond acceptors (Lipinski definition) is 6. The summed E-state index contributed by atoms with van der Waals surface area (Å²) in [7, 11) is 1.38. The van der Waals surface area contributed by atoms with Crippen molar-refractivity contribution in [3.8, 4) is 11.5 Å². The second-order valence-corrected chi connectivity index (χ2v) is 8.09. The fourth-order valence-electron chi connectivity index (χ4n) is 2.66. The first kappa shape index (κ1) is 24.5. The van der Waals surface area contributed by atoms with Gasteiger partial charge in [-0.25, -0.2) is 9.79 Å². The summed E-state index contributed by atoms with van der Waals surface area (Å²) >= 11 is 6.56. The molecule has 0 spiro atoms. The number of amidine groups is 1. The summed E-state index contributed by atoms with van der Waals surface area (Å²) in [5.74, 6) is -1.15. The van der Waals surface area contributed by atoms with Gasteiger partial charge in [-0.05, 0) is 60.7 Å². The Morgan fingerprint density at radius 2 is 1.97 bits per heavy atom. The van der Waals surface area contributed by atoms with Gasteiger partial charge in [0, 0.05) is 0 Å². The zero-order valence-corrected chi connectivity index (χ0v) is 18.6. The van der Waals surface area contributed by atoms with Crippen molar-refractivity contribution in [3.05, 3.63) is 57.5 Å². The Hall–Kier alpha value is -3.18. The van der Waals surface area contributed by atoms with Crippen molar-refractivity contribution in [3.63, 3.8) is 0 Å². The van der Waals surface area contributed by atoms with E-state index in [2.05, 4.69) is 10.3 Å². The number of benzene rings is 2. The molecule has 0 saturated carbocycles. The van der Waals surface area contributed by atoms with Crippen LogP contribution in [0.15, 0.2) is 46.3 Å². The van der Waals surface area contributed by atoms with Crippen molar-refractivity contribution in [1.82, 2.24) is 5.32 Å². The zero-order valence-electron chi connectivity index (χ0n) is 17.1. The maximum Gasteiger partial charge on any atom is 0.417 e. The predicted octanol–water partition coefficient (Wildman–Crippen LogP) is 5.11. The van der Waals surface area contributed by atoms with E-state index in [0.717, 1.165) is 23.9 Å². The highest BCUT2D eigenvalue weighted by Gasteiger charge is 2.33. The van der Waals surface area contributed by atoms with Gasteiger partial charge >= 0.3 is 12.1 Å². The molecule has 0 bridgehead atoms. The van der Waals surface area contributed by atoms with Gasteiger partial charge in [-0.3, -0.25) is 4.79 Å². The van der Waals surface area contributed by atoms with Crippen molar-refractivity contribution < 1.29 is 37.3 Å². The number of ether oxygens (including phenoxy) is 2. The van der Waals surface area contributed by atoms with Crippen LogP contribution in [-0.4, -0.2) is 35.4 Å². The third kappa shape index (κ3) is 5.99. The first-order valence-electron chi connectivity index (χ1n) is 9.21. The third-order valence-electron chi connectivity index (χ3n) is 4.27. The van der Waals surface area contributed by atoms with E-state index in [0.29, 0.717) is 5.56 Å². The lowest BCUT2D eigenvalue weighted by Crippen LogP contribution is -2.23. The highest BCUT2D eigenvalue weighted by Crippen LogP contribution is 2.38. The number of amides is 1. The lowest BCUT2D eigenvalue weighted by atomic mass is 10.2. The van der Waals surface area contributed by atoms with Crippen LogP contribution >= 0.6 is 23.4 Å². The fraction of sp³-hybridized carbons (Fsp3) is 0.190. The lowest BCUT2D eigenvalue weighted by Gasteiger charge is -2.14. The molecule has 2 aromatic rings. The fourth-order valence-corrected chi connectivity index (χ4v) is 3.73. The van der Waals surface area contributed by atoms with Crippen molar-refractivity contribution in [2.45, 2.75) is 19.2 Å². The number of aliphatic carboxylic acids is 1. The van der Waals surface area contributed by atoms with Crippen molar-refractivity contribution in [1.29, 1.82) is 0 Å². The molecule has 1 atom stereocenters. The highest BCUT2D eigenvalue weighted by atomic mass is 35.5. The van der Waals surface area contributed by atoms with E-state index >= 15 is 0 Å². The van der Waals surface area contributed by atoms with Gasteiger partial charge < -0.3 is 19.9 Å². The first-order valence-corrected chi connectivity index (χ1v) is 10.4. The normalized spacial score (nSPS) is 17.2. The third-order valence-corrected chi connectivity index (χ3v) is 5.51. The Labute approximate surface area is 195 Å². The van der Waals surface area contributed by atoms with Crippen LogP contribution in [0.25, 0.3) is 6.08 Å². The van der Waals surface area contributed by atoms with Crippen LogP contribution in [-0.2, 0) is 15.8 Å². The minimum absolute atomic E-state index is 0.0218. The number of carboxylic acids is 1. The minimum atomic E-state index is -4.64. The average Bonchev–Trinajstić information content (AvgIpc) is 3.08. The van der Waals surface area contributed by atoms with E-state index in [1.165, 1.54) is 32.2 Å². The molecular weight excluding hydrogens is 485 g/mol. The van der Waals surface area contributed by atoms with E-state index in [1.54, 1.807) is 12.1 Å². The molecule has 1 aliphatic heterocycles. The molecule has 1 amide bonds. The Morgan fingerprint density at radius 1 is 1.24 bits per heavy atom. The molecule has 1 saturated heterocycles. The quantitative estimate of drug-likeness (QED) is 0.535. The molecule has 33 heavy (non-hydrogen) atoms. The number of carboxylic acid groups (broad SMARTS) is 1.